The summed E-state index contributed by atoms with van der Waals surface area (Å²) in [6.45, 7) is 3.00. The molecule has 0 unspecified atom stereocenters. The third-order valence-electron chi connectivity index (χ3n) is 4.99. The van der Waals surface area contributed by atoms with Crippen LogP contribution in [0.3, 0.4) is 0 Å². The van der Waals surface area contributed by atoms with Gasteiger partial charge in [-0.25, -0.2) is 4.39 Å². The largest absolute Gasteiger partial charge is 0.493 e. The molecule has 0 N–H and O–H groups in total. The fourth-order valence-electron chi connectivity index (χ4n) is 2.98. The van der Waals surface area contributed by atoms with E-state index in [-0.39, 0.29) is 28.2 Å². The van der Waals surface area contributed by atoms with E-state index in [1.807, 2.05) is 6.92 Å². The molecule has 1 fully saturated rings. The molecule has 0 aliphatic carbocycles. The van der Waals surface area contributed by atoms with E-state index in [1.54, 1.807) is 31.2 Å². The minimum Gasteiger partial charge on any atom is -0.493 e. The summed E-state index contributed by atoms with van der Waals surface area (Å²) in [6.07, 6.45) is 1.83. The standard InChI is InChI=1S/C24H23ClFNO6S/c1-4-14(2)33-22(28)12-27-23(29)21(34-24(27)30)11-15-8-9-19(31-3)20(10-15)32-13-16-17(25)6-5-7-18(16)26/h5-11,14H,4,12-13H2,1-3H3/b21-11+/t14-/m1/s1. The van der Waals surface area contributed by atoms with Gasteiger partial charge in [-0.1, -0.05) is 30.7 Å². The molecule has 1 aliphatic heterocycles. The quantitative estimate of drug-likeness (QED) is 0.330. The molecular weight excluding hydrogens is 485 g/mol. The number of esters is 1. The van der Waals surface area contributed by atoms with Gasteiger partial charge in [-0.05, 0) is 61.0 Å². The number of amides is 2. The molecule has 0 aromatic heterocycles. The highest BCUT2D eigenvalue weighted by atomic mass is 35.5. The Balaban J connectivity index is 1.77. The van der Waals surface area contributed by atoms with Gasteiger partial charge >= 0.3 is 5.97 Å². The number of carbonyl (C=O) groups excluding carboxylic acids is 3. The normalized spacial score (nSPS) is 15.6. The Hall–Kier alpha value is -3.04. The van der Waals surface area contributed by atoms with Crippen LogP contribution in [0.15, 0.2) is 41.3 Å². The summed E-state index contributed by atoms with van der Waals surface area (Å²) in [7, 11) is 1.46. The van der Waals surface area contributed by atoms with Crippen LogP contribution in [0.2, 0.25) is 5.02 Å². The zero-order valence-electron chi connectivity index (χ0n) is 18.8. The molecule has 2 aromatic carbocycles. The zero-order valence-corrected chi connectivity index (χ0v) is 20.4. The Labute approximate surface area is 205 Å². The molecule has 1 heterocycles. The minimum atomic E-state index is -0.648. The highest BCUT2D eigenvalue weighted by Gasteiger charge is 2.36. The maximum atomic E-state index is 14.1. The number of carbonyl (C=O) groups is 3. The first kappa shape index (κ1) is 25.6. The second-order valence-corrected chi connectivity index (χ2v) is 8.78. The van der Waals surface area contributed by atoms with Crippen molar-refractivity contribution in [2.75, 3.05) is 13.7 Å². The van der Waals surface area contributed by atoms with Crippen molar-refractivity contribution in [3.8, 4) is 11.5 Å². The Morgan fingerprint density at radius 1 is 1.24 bits per heavy atom. The summed E-state index contributed by atoms with van der Waals surface area (Å²) >= 11 is 6.78. The minimum absolute atomic E-state index is 0.139. The number of nitrogens with zero attached hydrogens (tertiary/aromatic N) is 1. The van der Waals surface area contributed by atoms with E-state index in [0.717, 1.165) is 16.7 Å². The predicted octanol–water partition coefficient (Wildman–Crippen LogP) is 5.44. The molecule has 1 saturated heterocycles. The van der Waals surface area contributed by atoms with Crippen molar-refractivity contribution < 1.29 is 33.0 Å². The first-order chi connectivity index (χ1) is 16.2. The van der Waals surface area contributed by atoms with Crippen LogP contribution in [0.4, 0.5) is 9.18 Å². The Morgan fingerprint density at radius 2 is 2.00 bits per heavy atom. The number of hydrogen-bond acceptors (Lipinski definition) is 7. The molecule has 7 nitrogen and oxygen atoms in total. The van der Waals surface area contributed by atoms with Crippen molar-refractivity contribution in [2.24, 2.45) is 0 Å². The lowest BCUT2D eigenvalue weighted by molar-refractivity contribution is -0.150. The van der Waals surface area contributed by atoms with Crippen molar-refractivity contribution in [2.45, 2.75) is 33.0 Å². The lowest BCUT2D eigenvalue weighted by atomic mass is 10.1. The number of benzene rings is 2. The number of rotatable bonds is 9. The van der Waals surface area contributed by atoms with E-state index in [9.17, 15) is 18.8 Å². The molecule has 1 aliphatic rings. The maximum absolute atomic E-state index is 14.1. The lowest BCUT2D eigenvalue weighted by Gasteiger charge is -2.15. The van der Waals surface area contributed by atoms with Crippen LogP contribution in [0.25, 0.3) is 6.08 Å². The first-order valence-electron chi connectivity index (χ1n) is 10.4. The molecule has 2 amide bonds. The molecule has 0 radical (unpaired) electrons. The molecular formula is C24H23ClFNO6S. The summed E-state index contributed by atoms with van der Waals surface area (Å²) in [4.78, 5) is 38.0. The van der Waals surface area contributed by atoms with E-state index < -0.39 is 29.5 Å². The number of hydrogen-bond donors (Lipinski definition) is 0. The van der Waals surface area contributed by atoms with Gasteiger partial charge in [0.2, 0.25) is 0 Å². The molecule has 2 aromatic rings. The van der Waals surface area contributed by atoms with Gasteiger partial charge in [0.05, 0.1) is 23.1 Å². The van der Waals surface area contributed by atoms with Crippen molar-refractivity contribution in [3.63, 3.8) is 0 Å². The van der Waals surface area contributed by atoms with E-state index in [4.69, 9.17) is 25.8 Å². The summed E-state index contributed by atoms with van der Waals surface area (Å²) in [5, 5.41) is -0.327. The maximum Gasteiger partial charge on any atom is 0.326 e. The van der Waals surface area contributed by atoms with E-state index in [0.29, 0.717) is 23.5 Å². The summed E-state index contributed by atoms with van der Waals surface area (Å²) in [5.41, 5.74) is 0.741. The predicted molar refractivity (Wildman–Crippen MR) is 127 cm³/mol. The van der Waals surface area contributed by atoms with Crippen molar-refractivity contribution in [3.05, 3.63) is 63.3 Å². The molecule has 34 heavy (non-hydrogen) atoms. The van der Waals surface area contributed by atoms with Crippen molar-refractivity contribution >= 4 is 46.6 Å². The SMILES string of the molecule is CC[C@@H](C)OC(=O)CN1C(=O)S/C(=C/c2ccc(OC)c(OCc3c(F)cccc3Cl)c2)C1=O. The van der Waals surface area contributed by atoms with E-state index in [1.165, 1.54) is 25.3 Å². The molecule has 0 spiro atoms. The number of thioether (sulfide) groups is 1. The molecule has 10 heteroatoms. The summed E-state index contributed by atoms with van der Waals surface area (Å²) in [6, 6.07) is 9.24. The van der Waals surface area contributed by atoms with Gasteiger partial charge in [0.1, 0.15) is 19.0 Å². The van der Waals surface area contributed by atoms with Crippen LogP contribution in [0.1, 0.15) is 31.4 Å². The molecule has 0 bridgehead atoms. The molecule has 0 saturated carbocycles. The number of methoxy groups -OCH3 is 1. The molecule has 3 rings (SSSR count). The fraction of sp³-hybridized carbons (Fsp3) is 0.292. The van der Waals surface area contributed by atoms with Crippen molar-refractivity contribution in [1.29, 1.82) is 0 Å². The fourth-order valence-corrected chi connectivity index (χ4v) is 4.03. The number of ether oxygens (including phenoxy) is 3. The molecule has 1 atom stereocenters. The third-order valence-corrected chi connectivity index (χ3v) is 6.25. The Morgan fingerprint density at radius 3 is 2.68 bits per heavy atom. The van der Waals surface area contributed by atoms with Gasteiger partial charge in [0, 0.05) is 5.56 Å². The van der Waals surface area contributed by atoms with E-state index in [2.05, 4.69) is 0 Å². The number of halogens is 2. The highest BCUT2D eigenvalue weighted by molar-refractivity contribution is 8.18. The van der Waals surface area contributed by atoms with Gasteiger partial charge < -0.3 is 14.2 Å². The van der Waals surface area contributed by atoms with Crippen molar-refractivity contribution in [1.82, 2.24) is 4.90 Å². The van der Waals surface area contributed by atoms with Gasteiger partial charge in [0.25, 0.3) is 11.1 Å². The second-order valence-electron chi connectivity index (χ2n) is 7.38. The van der Waals surface area contributed by atoms with Gasteiger partial charge in [-0.2, -0.15) is 0 Å². The zero-order chi connectivity index (χ0) is 24.8. The van der Waals surface area contributed by atoms with E-state index >= 15 is 0 Å². The van der Waals surface area contributed by atoms with Crippen LogP contribution in [0.5, 0.6) is 11.5 Å². The van der Waals surface area contributed by atoms with Crippen LogP contribution in [0, 0.1) is 5.82 Å². The smallest absolute Gasteiger partial charge is 0.326 e. The Bertz CT molecular complexity index is 1120. The third kappa shape index (κ3) is 6.09. The van der Waals surface area contributed by atoms with Gasteiger partial charge in [-0.15, -0.1) is 0 Å². The monoisotopic (exact) mass is 507 g/mol. The van der Waals surface area contributed by atoms with Crippen LogP contribution in [-0.4, -0.2) is 41.8 Å². The van der Waals surface area contributed by atoms with Crippen LogP contribution < -0.4 is 9.47 Å². The van der Waals surface area contributed by atoms with Gasteiger partial charge in [-0.3, -0.25) is 19.3 Å². The molecule has 180 valence electrons. The Kier molecular flexibility index (Phi) is 8.57. The summed E-state index contributed by atoms with van der Waals surface area (Å²) < 4.78 is 30.3. The average Bonchev–Trinajstić information content (AvgIpc) is 3.06. The highest BCUT2D eigenvalue weighted by Crippen LogP contribution is 2.35. The average molecular weight is 508 g/mol. The van der Waals surface area contributed by atoms with Crippen LogP contribution >= 0.6 is 23.4 Å². The second kappa shape index (κ2) is 11.4. The summed E-state index contributed by atoms with van der Waals surface area (Å²) in [5.74, 6) is -1.04. The first-order valence-corrected chi connectivity index (χ1v) is 11.6. The van der Waals surface area contributed by atoms with Crippen LogP contribution in [-0.2, 0) is 20.9 Å². The topological polar surface area (TPSA) is 82.1 Å². The lowest BCUT2D eigenvalue weighted by Crippen LogP contribution is -2.35. The van der Waals surface area contributed by atoms with Gasteiger partial charge in [0.15, 0.2) is 11.5 Å². The number of imide groups is 1.